The van der Waals surface area contributed by atoms with E-state index in [1.807, 2.05) is 36.4 Å². The highest BCUT2D eigenvalue weighted by Gasteiger charge is 2.29. The molecule has 160 valence electrons. The van der Waals surface area contributed by atoms with E-state index in [4.69, 9.17) is 9.47 Å². The second-order valence-electron chi connectivity index (χ2n) is 7.91. The topological polar surface area (TPSA) is 95.3 Å². The number of H-pyrrole nitrogens is 1. The standard InChI is InChI=1S/C25H26N2O4/c1-16-17(7-5-6-11-30-19-8-3-2-4-9-19)13-18(15-26)23-20-10-12-31-21(14-22(28)29)25(20)27-24(16)23/h2-4,8-9,13,21,27H,5-7,10-12,14H2,1H3,(H,28,29). The number of fused-ring (bicyclic) bond motifs is 3. The van der Waals surface area contributed by atoms with Crippen molar-refractivity contribution in [1.82, 2.24) is 4.98 Å². The van der Waals surface area contributed by atoms with Crippen molar-refractivity contribution < 1.29 is 19.4 Å². The molecule has 0 saturated carbocycles. The molecule has 2 aromatic carbocycles. The number of aryl methyl sites for hydroxylation is 2. The number of unbranched alkanes of at least 4 members (excludes halogenated alkanes) is 1. The predicted molar refractivity (Wildman–Crippen MR) is 117 cm³/mol. The smallest absolute Gasteiger partial charge is 0.306 e. The van der Waals surface area contributed by atoms with Crippen molar-refractivity contribution in [1.29, 1.82) is 5.26 Å². The van der Waals surface area contributed by atoms with Crippen LogP contribution in [-0.2, 0) is 22.4 Å². The van der Waals surface area contributed by atoms with Crippen LogP contribution in [0, 0.1) is 18.3 Å². The molecule has 6 nitrogen and oxygen atoms in total. The van der Waals surface area contributed by atoms with Crippen molar-refractivity contribution in [3.63, 3.8) is 0 Å². The zero-order valence-corrected chi connectivity index (χ0v) is 17.6. The van der Waals surface area contributed by atoms with E-state index >= 15 is 0 Å². The fraction of sp³-hybridized carbons (Fsp3) is 0.360. The van der Waals surface area contributed by atoms with Gasteiger partial charge >= 0.3 is 5.97 Å². The minimum atomic E-state index is -0.896. The van der Waals surface area contributed by atoms with Crippen LogP contribution in [0.4, 0.5) is 0 Å². The summed E-state index contributed by atoms with van der Waals surface area (Å²) in [5, 5.41) is 20.0. The molecule has 6 heteroatoms. The van der Waals surface area contributed by atoms with Gasteiger partial charge < -0.3 is 19.6 Å². The Hall–Kier alpha value is -3.30. The maximum absolute atomic E-state index is 11.2. The minimum absolute atomic E-state index is 0.0883. The number of carboxylic acid groups (broad SMARTS) is 1. The Labute approximate surface area is 181 Å². The first kappa shape index (κ1) is 21.0. The number of carboxylic acids is 1. The highest BCUT2D eigenvalue weighted by atomic mass is 16.5. The molecule has 0 aliphatic carbocycles. The molecule has 0 bridgehead atoms. The Morgan fingerprint density at radius 2 is 2.13 bits per heavy atom. The molecule has 0 saturated heterocycles. The first-order valence-corrected chi connectivity index (χ1v) is 10.7. The monoisotopic (exact) mass is 418 g/mol. The van der Waals surface area contributed by atoms with Crippen LogP contribution in [0.25, 0.3) is 10.9 Å². The van der Waals surface area contributed by atoms with Gasteiger partial charge in [0.15, 0.2) is 0 Å². The van der Waals surface area contributed by atoms with E-state index in [1.54, 1.807) is 0 Å². The van der Waals surface area contributed by atoms with Gasteiger partial charge in [0.1, 0.15) is 11.9 Å². The second-order valence-corrected chi connectivity index (χ2v) is 7.91. The SMILES string of the molecule is Cc1c(CCCCOc2ccccc2)cc(C#N)c2c3c([nH]c12)C(CC(=O)O)OCC3. The summed E-state index contributed by atoms with van der Waals surface area (Å²) in [4.78, 5) is 14.7. The molecular weight excluding hydrogens is 392 g/mol. The van der Waals surface area contributed by atoms with E-state index in [2.05, 4.69) is 18.0 Å². The van der Waals surface area contributed by atoms with Crippen LogP contribution in [0.3, 0.4) is 0 Å². The number of aromatic nitrogens is 1. The molecular formula is C25H26N2O4. The number of aromatic amines is 1. The van der Waals surface area contributed by atoms with Crippen LogP contribution in [-0.4, -0.2) is 29.3 Å². The van der Waals surface area contributed by atoms with Crippen molar-refractivity contribution in [2.24, 2.45) is 0 Å². The zero-order valence-electron chi connectivity index (χ0n) is 17.6. The molecule has 0 fully saturated rings. The molecule has 2 heterocycles. The number of aliphatic carboxylic acids is 1. The van der Waals surface area contributed by atoms with E-state index < -0.39 is 12.1 Å². The molecule has 2 N–H and O–H groups in total. The van der Waals surface area contributed by atoms with Gasteiger partial charge in [-0.15, -0.1) is 0 Å². The van der Waals surface area contributed by atoms with Gasteiger partial charge in [0.25, 0.3) is 0 Å². The normalized spacial score (nSPS) is 15.4. The number of hydrogen-bond donors (Lipinski definition) is 2. The van der Waals surface area contributed by atoms with Gasteiger partial charge in [-0.25, -0.2) is 0 Å². The van der Waals surface area contributed by atoms with Crippen molar-refractivity contribution in [2.45, 2.75) is 45.1 Å². The summed E-state index contributed by atoms with van der Waals surface area (Å²) in [7, 11) is 0. The van der Waals surface area contributed by atoms with E-state index in [0.29, 0.717) is 25.2 Å². The fourth-order valence-electron chi connectivity index (χ4n) is 4.36. The number of nitriles is 1. The average Bonchev–Trinajstić information content (AvgIpc) is 3.17. The number of ether oxygens (including phenoxy) is 2. The first-order valence-electron chi connectivity index (χ1n) is 10.7. The lowest BCUT2D eigenvalue weighted by Crippen LogP contribution is -2.18. The first-order chi connectivity index (χ1) is 15.1. The van der Waals surface area contributed by atoms with Crippen molar-refractivity contribution in [3.05, 3.63) is 64.3 Å². The van der Waals surface area contributed by atoms with E-state index in [0.717, 1.165) is 58.3 Å². The number of rotatable bonds is 8. The number of nitrogens with one attached hydrogen (secondary N) is 1. The lowest BCUT2D eigenvalue weighted by molar-refractivity contribution is -0.140. The van der Waals surface area contributed by atoms with Gasteiger partial charge in [-0.2, -0.15) is 5.26 Å². The molecule has 3 aromatic rings. The van der Waals surface area contributed by atoms with Crippen LogP contribution in [0.5, 0.6) is 5.75 Å². The summed E-state index contributed by atoms with van der Waals surface area (Å²) >= 11 is 0. The molecule has 1 aliphatic rings. The molecule has 0 radical (unpaired) electrons. The maximum Gasteiger partial charge on any atom is 0.306 e. The third kappa shape index (κ3) is 4.42. The summed E-state index contributed by atoms with van der Waals surface area (Å²) in [6.45, 7) is 3.18. The summed E-state index contributed by atoms with van der Waals surface area (Å²) in [5.41, 5.74) is 5.65. The number of carbonyl (C=O) groups is 1. The third-order valence-electron chi connectivity index (χ3n) is 5.91. The van der Waals surface area contributed by atoms with E-state index in [1.165, 1.54) is 0 Å². The summed E-state index contributed by atoms with van der Waals surface area (Å²) in [5.74, 6) is -0.0193. The lowest BCUT2D eigenvalue weighted by atomic mass is 9.93. The Morgan fingerprint density at radius 3 is 2.87 bits per heavy atom. The van der Waals surface area contributed by atoms with Crippen LogP contribution in [0.1, 0.15) is 53.3 Å². The molecule has 1 aromatic heterocycles. The van der Waals surface area contributed by atoms with Crippen molar-refractivity contribution in [3.8, 4) is 11.8 Å². The van der Waals surface area contributed by atoms with E-state index in [-0.39, 0.29) is 6.42 Å². The van der Waals surface area contributed by atoms with Crippen LogP contribution in [0.15, 0.2) is 36.4 Å². The molecule has 1 unspecified atom stereocenters. The summed E-state index contributed by atoms with van der Waals surface area (Å²) in [6.07, 6.45) is 2.82. The highest BCUT2D eigenvalue weighted by molar-refractivity contribution is 5.93. The van der Waals surface area contributed by atoms with Gasteiger partial charge in [0, 0.05) is 11.1 Å². The number of benzene rings is 2. The summed E-state index contributed by atoms with van der Waals surface area (Å²) < 4.78 is 11.5. The van der Waals surface area contributed by atoms with Crippen molar-refractivity contribution >= 4 is 16.9 Å². The second kappa shape index (κ2) is 9.23. The largest absolute Gasteiger partial charge is 0.494 e. The third-order valence-corrected chi connectivity index (χ3v) is 5.91. The molecule has 0 amide bonds. The van der Waals surface area contributed by atoms with Crippen LogP contribution >= 0.6 is 0 Å². The van der Waals surface area contributed by atoms with Gasteiger partial charge in [0.2, 0.25) is 0 Å². The van der Waals surface area contributed by atoms with Crippen molar-refractivity contribution in [2.75, 3.05) is 13.2 Å². The van der Waals surface area contributed by atoms with Crippen LogP contribution in [0.2, 0.25) is 0 Å². The van der Waals surface area contributed by atoms with E-state index in [9.17, 15) is 15.2 Å². The number of hydrogen-bond acceptors (Lipinski definition) is 4. The van der Waals surface area contributed by atoms with Crippen LogP contribution < -0.4 is 4.74 Å². The Balaban J connectivity index is 1.53. The molecule has 31 heavy (non-hydrogen) atoms. The number of para-hydroxylation sites is 1. The maximum atomic E-state index is 11.2. The van der Waals surface area contributed by atoms with Gasteiger partial charge in [0.05, 0.1) is 36.8 Å². The van der Waals surface area contributed by atoms with Gasteiger partial charge in [-0.05, 0) is 67.5 Å². The predicted octanol–water partition coefficient (Wildman–Crippen LogP) is 4.84. The lowest BCUT2D eigenvalue weighted by Gasteiger charge is -2.22. The Morgan fingerprint density at radius 1 is 1.32 bits per heavy atom. The van der Waals surface area contributed by atoms with Gasteiger partial charge in [-0.3, -0.25) is 4.79 Å². The molecule has 4 rings (SSSR count). The molecule has 1 atom stereocenters. The average molecular weight is 418 g/mol. The fourth-order valence-corrected chi connectivity index (χ4v) is 4.36. The molecule has 1 aliphatic heterocycles. The quantitative estimate of drug-likeness (QED) is 0.511. The number of nitrogens with zero attached hydrogens (tertiary/aromatic N) is 1. The Kier molecular flexibility index (Phi) is 6.24. The summed E-state index contributed by atoms with van der Waals surface area (Å²) in [6, 6.07) is 14.1. The van der Waals surface area contributed by atoms with Gasteiger partial charge in [-0.1, -0.05) is 18.2 Å². The Bertz CT molecular complexity index is 1130. The highest BCUT2D eigenvalue weighted by Crippen LogP contribution is 2.38. The molecule has 0 spiro atoms. The minimum Gasteiger partial charge on any atom is -0.494 e. The zero-order chi connectivity index (χ0) is 21.8.